The summed E-state index contributed by atoms with van der Waals surface area (Å²) in [5.74, 6) is -0.0683. The lowest BCUT2D eigenvalue weighted by Crippen LogP contribution is -2.39. The number of ether oxygens (including phenoxy) is 3. The van der Waals surface area contributed by atoms with E-state index in [0.717, 1.165) is 0 Å². The van der Waals surface area contributed by atoms with Gasteiger partial charge in [0.2, 0.25) is 5.91 Å². The summed E-state index contributed by atoms with van der Waals surface area (Å²) in [5.41, 5.74) is 0.936. The lowest BCUT2D eigenvalue weighted by Gasteiger charge is -2.17. The lowest BCUT2D eigenvalue weighted by molar-refractivity contribution is -0.120. The summed E-state index contributed by atoms with van der Waals surface area (Å²) in [7, 11) is 2.90. The number of carbonyl (C=O) groups excluding carboxylic acids is 2. The average Bonchev–Trinajstić information content (AvgIpc) is 2.52. The lowest BCUT2D eigenvalue weighted by atomic mass is 10.2. The van der Waals surface area contributed by atoms with Crippen LogP contribution in [0.2, 0.25) is 0 Å². The number of hydrogen-bond donors (Lipinski definition) is 2. The van der Waals surface area contributed by atoms with Crippen molar-refractivity contribution in [2.45, 2.75) is 32.9 Å². The first-order valence-electron chi connectivity index (χ1n) is 7.78. The molecule has 0 aliphatic heterocycles. The van der Waals surface area contributed by atoms with Gasteiger partial charge in [0.25, 0.3) is 0 Å². The van der Waals surface area contributed by atoms with Gasteiger partial charge in [-0.2, -0.15) is 0 Å². The Hall–Kier alpha value is -2.28. The van der Waals surface area contributed by atoms with Crippen molar-refractivity contribution in [3.8, 4) is 5.75 Å². The van der Waals surface area contributed by atoms with E-state index in [0.29, 0.717) is 23.6 Å². The van der Waals surface area contributed by atoms with Crippen LogP contribution in [-0.2, 0) is 14.3 Å². The van der Waals surface area contributed by atoms with Gasteiger partial charge in [-0.05, 0) is 39.0 Å². The quantitative estimate of drug-likeness (QED) is 0.668. The molecular weight excluding hydrogens is 312 g/mol. The Labute approximate surface area is 142 Å². The van der Waals surface area contributed by atoms with Crippen molar-refractivity contribution in [3.63, 3.8) is 0 Å². The van der Waals surface area contributed by atoms with Crippen LogP contribution < -0.4 is 15.4 Å². The smallest absolute Gasteiger partial charge is 0.337 e. The van der Waals surface area contributed by atoms with Crippen LogP contribution in [0.4, 0.5) is 5.69 Å². The zero-order chi connectivity index (χ0) is 18.1. The van der Waals surface area contributed by atoms with Gasteiger partial charge in [-0.15, -0.1) is 0 Å². The summed E-state index contributed by atoms with van der Waals surface area (Å²) >= 11 is 0. The summed E-state index contributed by atoms with van der Waals surface area (Å²) in [4.78, 5) is 23.6. The Bertz CT molecular complexity index is 560. The van der Waals surface area contributed by atoms with E-state index in [1.54, 1.807) is 25.3 Å². The molecule has 24 heavy (non-hydrogen) atoms. The monoisotopic (exact) mass is 338 g/mol. The Morgan fingerprint density at radius 3 is 2.46 bits per heavy atom. The second-order valence-electron chi connectivity index (χ2n) is 5.65. The fourth-order valence-electron chi connectivity index (χ4n) is 2.06. The molecule has 0 heterocycles. The van der Waals surface area contributed by atoms with E-state index in [9.17, 15) is 9.59 Å². The Kier molecular flexibility index (Phi) is 8.05. The van der Waals surface area contributed by atoms with Crippen LogP contribution in [0.5, 0.6) is 5.75 Å². The normalized spacial score (nSPS) is 11.8. The molecule has 1 aromatic rings. The molecule has 0 aliphatic rings. The molecule has 0 spiro atoms. The molecule has 1 amide bonds. The highest BCUT2D eigenvalue weighted by Gasteiger charge is 2.13. The maximum Gasteiger partial charge on any atom is 0.337 e. The van der Waals surface area contributed by atoms with Gasteiger partial charge >= 0.3 is 5.97 Å². The zero-order valence-electron chi connectivity index (χ0n) is 14.8. The van der Waals surface area contributed by atoms with Crippen molar-refractivity contribution in [1.29, 1.82) is 0 Å². The van der Waals surface area contributed by atoms with Crippen molar-refractivity contribution in [2.75, 3.05) is 32.7 Å². The van der Waals surface area contributed by atoms with Crippen molar-refractivity contribution in [1.82, 2.24) is 5.32 Å². The topological polar surface area (TPSA) is 85.9 Å². The van der Waals surface area contributed by atoms with E-state index in [-0.39, 0.29) is 24.6 Å². The minimum absolute atomic E-state index is 0.0370. The van der Waals surface area contributed by atoms with E-state index < -0.39 is 5.97 Å². The zero-order valence-corrected chi connectivity index (χ0v) is 14.8. The van der Waals surface area contributed by atoms with Crippen LogP contribution in [0.15, 0.2) is 18.2 Å². The molecule has 2 N–H and O–H groups in total. The first-order chi connectivity index (χ1) is 11.4. The van der Waals surface area contributed by atoms with Crippen molar-refractivity contribution >= 4 is 17.6 Å². The fraction of sp³-hybridized carbons (Fsp3) is 0.529. The van der Waals surface area contributed by atoms with Gasteiger partial charge in [-0.25, -0.2) is 4.79 Å². The van der Waals surface area contributed by atoms with Crippen LogP contribution in [0.3, 0.4) is 0 Å². The third-order valence-electron chi connectivity index (χ3n) is 3.03. The summed E-state index contributed by atoms with van der Waals surface area (Å²) in [6.45, 7) is 6.14. The SMILES string of the molecule is COC[C@H](C)NC(=O)CNc1cc(C(=O)OC)ccc1OC(C)C. The predicted octanol–water partition coefficient (Wildman–Crippen LogP) is 1.82. The summed E-state index contributed by atoms with van der Waals surface area (Å²) < 4.78 is 15.4. The molecule has 0 saturated carbocycles. The van der Waals surface area contributed by atoms with E-state index in [4.69, 9.17) is 14.2 Å². The van der Waals surface area contributed by atoms with E-state index in [1.807, 2.05) is 20.8 Å². The van der Waals surface area contributed by atoms with Gasteiger partial charge in [0.05, 0.1) is 37.6 Å². The van der Waals surface area contributed by atoms with Crippen LogP contribution in [0.25, 0.3) is 0 Å². The second kappa shape index (κ2) is 9.77. The highest BCUT2D eigenvalue weighted by molar-refractivity contribution is 5.91. The van der Waals surface area contributed by atoms with Crippen LogP contribution in [-0.4, -0.2) is 51.4 Å². The summed E-state index contributed by atoms with van der Waals surface area (Å²) in [6, 6.07) is 4.82. The minimum atomic E-state index is -0.452. The number of benzene rings is 1. The molecule has 0 aliphatic carbocycles. The van der Waals surface area contributed by atoms with E-state index in [2.05, 4.69) is 10.6 Å². The number of anilines is 1. The molecular formula is C17H26N2O5. The number of rotatable bonds is 9. The van der Waals surface area contributed by atoms with Gasteiger partial charge in [0.15, 0.2) is 0 Å². The maximum atomic E-state index is 11.9. The summed E-state index contributed by atoms with van der Waals surface area (Å²) in [5, 5.41) is 5.80. The molecule has 1 rings (SSSR count). The molecule has 0 unspecified atom stereocenters. The Balaban J connectivity index is 2.82. The molecule has 0 fully saturated rings. The standard InChI is InChI=1S/C17H26N2O5/c1-11(2)24-15-7-6-13(17(21)23-5)8-14(15)18-9-16(20)19-12(3)10-22-4/h6-8,11-12,18H,9-10H2,1-5H3,(H,19,20)/t12-/m0/s1. The molecule has 0 bridgehead atoms. The molecule has 1 aromatic carbocycles. The summed E-state index contributed by atoms with van der Waals surface area (Å²) in [6.07, 6.45) is -0.0370. The first-order valence-corrected chi connectivity index (χ1v) is 7.78. The van der Waals surface area contributed by atoms with Crippen LogP contribution in [0.1, 0.15) is 31.1 Å². The average molecular weight is 338 g/mol. The van der Waals surface area contributed by atoms with Crippen LogP contribution in [0, 0.1) is 0 Å². The fourth-order valence-corrected chi connectivity index (χ4v) is 2.06. The number of esters is 1. The van der Waals surface area contributed by atoms with Crippen LogP contribution >= 0.6 is 0 Å². The van der Waals surface area contributed by atoms with E-state index in [1.165, 1.54) is 7.11 Å². The largest absolute Gasteiger partial charge is 0.489 e. The number of amides is 1. The van der Waals surface area contributed by atoms with Crippen molar-refractivity contribution in [2.24, 2.45) is 0 Å². The first kappa shape index (κ1) is 19.8. The third-order valence-corrected chi connectivity index (χ3v) is 3.03. The molecule has 1 atom stereocenters. The van der Waals surface area contributed by atoms with Crippen molar-refractivity contribution in [3.05, 3.63) is 23.8 Å². The second-order valence-corrected chi connectivity index (χ2v) is 5.65. The maximum absolute atomic E-state index is 11.9. The highest BCUT2D eigenvalue weighted by Crippen LogP contribution is 2.27. The molecule has 134 valence electrons. The van der Waals surface area contributed by atoms with Gasteiger partial charge in [0.1, 0.15) is 5.75 Å². The van der Waals surface area contributed by atoms with Gasteiger partial charge < -0.3 is 24.8 Å². The third kappa shape index (κ3) is 6.45. The molecule has 7 heteroatoms. The number of nitrogens with one attached hydrogen (secondary N) is 2. The van der Waals surface area contributed by atoms with Gasteiger partial charge in [0, 0.05) is 13.2 Å². The Morgan fingerprint density at radius 2 is 1.88 bits per heavy atom. The number of carbonyl (C=O) groups is 2. The molecule has 0 aromatic heterocycles. The molecule has 0 radical (unpaired) electrons. The molecule has 0 saturated heterocycles. The van der Waals surface area contributed by atoms with Crippen molar-refractivity contribution < 1.29 is 23.8 Å². The minimum Gasteiger partial charge on any atom is -0.489 e. The molecule has 7 nitrogen and oxygen atoms in total. The number of methoxy groups -OCH3 is 2. The number of hydrogen-bond acceptors (Lipinski definition) is 6. The Morgan fingerprint density at radius 1 is 1.17 bits per heavy atom. The van der Waals surface area contributed by atoms with E-state index >= 15 is 0 Å². The van der Waals surface area contributed by atoms with Gasteiger partial charge in [-0.1, -0.05) is 0 Å². The van der Waals surface area contributed by atoms with Gasteiger partial charge in [-0.3, -0.25) is 4.79 Å². The highest BCUT2D eigenvalue weighted by atomic mass is 16.5. The predicted molar refractivity (Wildman–Crippen MR) is 91.5 cm³/mol.